The normalized spacial score (nSPS) is 26.2. The minimum absolute atomic E-state index is 0.297. The number of nitrogens with one attached hydrogen (secondary N) is 1. The van der Waals surface area contributed by atoms with Gasteiger partial charge in [-0.3, -0.25) is 9.55 Å². The average molecular weight is 363 g/mol. The molecule has 3 aliphatic rings. The molecule has 4 rings (SSSR count). The number of fused-ring (bicyclic) bond motifs is 3. The van der Waals surface area contributed by atoms with Gasteiger partial charge in [0.1, 0.15) is 10.7 Å². The highest BCUT2D eigenvalue weighted by atomic mass is 32.1. The smallest absolute Gasteiger partial charge is 0.218 e. The molecule has 0 spiro atoms. The van der Waals surface area contributed by atoms with Crippen LogP contribution in [0.3, 0.4) is 0 Å². The molecule has 3 aliphatic heterocycles. The first-order valence-corrected chi connectivity index (χ1v) is 9.00. The molecule has 1 aromatic rings. The van der Waals surface area contributed by atoms with Gasteiger partial charge in [-0.15, -0.1) is 0 Å². The summed E-state index contributed by atoms with van der Waals surface area (Å²) in [5, 5.41) is 16.5. The Balaban J connectivity index is 1.81. The Hall–Kier alpha value is -1.74. The van der Waals surface area contributed by atoms with E-state index in [-0.39, 0.29) is 5.82 Å². The fourth-order valence-electron chi connectivity index (χ4n) is 3.82. The van der Waals surface area contributed by atoms with Crippen LogP contribution in [0, 0.1) is 11.0 Å². The van der Waals surface area contributed by atoms with Gasteiger partial charge in [-0.1, -0.05) is 12.2 Å². The van der Waals surface area contributed by atoms with E-state index in [1.807, 2.05) is 6.92 Å². The number of rotatable bonds is 2. The maximum atomic E-state index is 15.5. The monoisotopic (exact) mass is 363 g/mol. The summed E-state index contributed by atoms with van der Waals surface area (Å²) in [6, 6.07) is 3.54. The summed E-state index contributed by atoms with van der Waals surface area (Å²) < 4.78 is 14.8. The van der Waals surface area contributed by atoms with Crippen LogP contribution in [-0.4, -0.2) is 56.3 Å². The highest BCUT2D eigenvalue weighted by Crippen LogP contribution is 2.50. The van der Waals surface area contributed by atoms with Crippen LogP contribution in [0.5, 0.6) is 0 Å². The zero-order valence-electron chi connectivity index (χ0n) is 14.5. The molecular weight excluding hydrogens is 341 g/mol. The summed E-state index contributed by atoms with van der Waals surface area (Å²) in [5.41, 5.74) is 1.41. The molecule has 8 heteroatoms. The van der Waals surface area contributed by atoms with E-state index in [2.05, 4.69) is 22.2 Å². The molecule has 134 valence electrons. The number of hydrogen-bond acceptors (Lipinski definition) is 5. The molecule has 1 N–H and O–H groups in total. The van der Waals surface area contributed by atoms with Gasteiger partial charge in [-0.25, -0.2) is 4.39 Å². The van der Waals surface area contributed by atoms with Gasteiger partial charge in [0.15, 0.2) is 11.5 Å². The number of hydroxylamine groups is 2. The van der Waals surface area contributed by atoms with Crippen molar-refractivity contribution in [3.05, 3.63) is 35.1 Å². The molecule has 1 unspecified atom stereocenters. The van der Waals surface area contributed by atoms with E-state index >= 15 is 4.39 Å². The Morgan fingerprint density at radius 2 is 2.00 bits per heavy atom. The standard InChI is InChI=1S/C17H22FN5OS/c1-3-23(24)13-5-4-12(21-8-6-20(2)7-9-21)16(18)17(13)22-11-19-14(25)10-15(22)23/h4-5,10H,3,6-9,11H2,1-2H3,(H,19,25). The Labute approximate surface area is 152 Å². The molecule has 0 bridgehead atoms. The summed E-state index contributed by atoms with van der Waals surface area (Å²) in [7, 11) is 2.07. The third kappa shape index (κ3) is 2.43. The van der Waals surface area contributed by atoms with Gasteiger partial charge in [0.25, 0.3) is 0 Å². The molecule has 0 aromatic heterocycles. The van der Waals surface area contributed by atoms with E-state index in [9.17, 15) is 5.21 Å². The van der Waals surface area contributed by atoms with Gasteiger partial charge in [-0.2, -0.15) is 0 Å². The van der Waals surface area contributed by atoms with Crippen molar-refractivity contribution in [2.24, 2.45) is 0 Å². The first-order valence-electron chi connectivity index (χ1n) is 8.59. The van der Waals surface area contributed by atoms with Crippen LogP contribution in [0.2, 0.25) is 0 Å². The summed E-state index contributed by atoms with van der Waals surface area (Å²) in [6.07, 6.45) is 1.66. The highest BCUT2D eigenvalue weighted by Gasteiger charge is 2.45. The van der Waals surface area contributed by atoms with Crippen molar-refractivity contribution in [1.82, 2.24) is 14.9 Å². The maximum absolute atomic E-state index is 15.5. The Kier molecular flexibility index (Phi) is 3.95. The molecule has 25 heavy (non-hydrogen) atoms. The van der Waals surface area contributed by atoms with E-state index in [1.54, 1.807) is 23.1 Å². The third-order valence-corrected chi connectivity index (χ3v) is 5.60. The first-order chi connectivity index (χ1) is 12.0. The molecule has 3 heterocycles. The van der Waals surface area contributed by atoms with Crippen molar-refractivity contribution >= 4 is 34.3 Å². The summed E-state index contributed by atoms with van der Waals surface area (Å²) in [6.45, 7) is 5.80. The molecule has 1 aromatic carbocycles. The fourth-order valence-corrected chi connectivity index (χ4v) is 3.99. The number of anilines is 2. The predicted molar refractivity (Wildman–Crippen MR) is 103 cm³/mol. The fraction of sp³-hybridized carbons (Fsp3) is 0.471. The van der Waals surface area contributed by atoms with Crippen LogP contribution in [0.1, 0.15) is 6.92 Å². The van der Waals surface area contributed by atoms with Crippen molar-refractivity contribution in [1.29, 1.82) is 0 Å². The number of hydrogen-bond donors (Lipinski definition) is 1. The Morgan fingerprint density at radius 1 is 1.28 bits per heavy atom. The second-order valence-electron chi connectivity index (χ2n) is 6.74. The van der Waals surface area contributed by atoms with E-state index in [1.165, 1.54) is 0 Å². The minimum Gasteiger partial charge on any atom is -0.621 e. The van der Waals surface area contributed by atoms with Crippen molar-refractivity contribution in [2.75, 3.05) is 56.2 Å². The van der Waals surface area contributed by atoms with E-state index < -0.39 is 4.65 Å². The molecule has 6 nitrogen and oxygen atoms in total. The minimum atomic E-state index is -0.670. The van der Waals surface area contributed by atoms with Crippen LogP contribution >= 0.6 is 12.2 Å². The number of thiocarbonyl (C=S) groups is 1. The zero-order valence-corrected chi connectivity index (χ0v) is 15.3. The molecule has 0 radical (unpaired) electrons. The number of halogens is 1. The summed E-state index contributed by atoms with van der Waals surface area (Å²) in [5.74, 6) is 0.183. The lowest BCUT2D eigenvalue weighted by Gasteiger charge is -2.39. The molecule has 1 atom stereocenters. The van der Waals surface area contributed by atoms with Crippen LogP contribution in [0.25, 0.3) is 0 Å². The van der Waals surface area contributed by atoms with Crippen molar-refractivity contribution in [3.8, 4) is 0 Å². The summed E-state index contributed by atoms with van der Waals surface area (Å²) in [4.78, 5) is 6.54. The largest absolute Gasteiger partial charge is 0.621 e. The highest BCUT2D eigenvalue weighted by molar-refractivity contribution is 7.80. The number of benzene rings is 1. The van der Waals surface area contributed by atoms with Gasteiger partial charge >= 0.3 is 0 Å². The third-order valence-electron chi connectivity index (χ3n) is 5.34. The lowest BCUT2D eigenvalue weighted by molar-refractivity contribution is 0.312. The Bertz CT molecular complexity index is 762. The summed E-state index contributed by atoms with van der Waals surface area (Å²) >= 11 is 5.19. The number of nitrogens with zero attached hydrogens (tertiary/aromatic N) is 4. The maximum Gasteiger partial charge on any atom is 0.218 e. The van der Waals surface area contributed by atoms with Gasteiger partial charge in [-0.05, 0) is 20.0 Å². The number of likely N-dealkylation sites (N-methyl/N-ethyl adjacent to an activating group) is 1. The second-order valence-corrected chi connectivity index (χ2v) is 7.18. The number of quaternary nitrogens is 1. The quantitative estimate of drug-likeness (QED) is 0.492. The second kappa shape index (κ2) is 5.91. The topological polar surface area (TPSA) is 44.8 Å². The van der Waals surface area contributed by atoms with Crippen LogP contribution in [-0.2, 0) is 0 Å². The van der Waals surface area contributed by atoms with Crippen molar-refractivity contribution < 1.29 is 4.39 Å². The average Bonchev–Trinajstić information content (AvgIpc) is 2.86. The van der Waals surface area contributed by atoms with Crippen molar-refractivity contribution in [2.45, 2.75) is 6.92 Å². The first kappa shape index (κ1) is 16.7. The van der Waals surface area contributed by atoms with Crippen molar-refractivity contribution in [3.63, 3.8) is 0 Å². The van der Waals surface area contributed by atoms with E-state index in [4.69, 9.17) is 12.2 Å². The van der Waals surface area contributed by atoms with E-state index in [0.717, 1.165) is 26.2 Å². The van der Waals surface area contributed by atoms with Crippen LogP contribution in [0.4, 0.5) is 21.5 Å². The zero-order chi connectivity index (χ0) is 17.8. The Morgan fingerprint density at radius 3 is 2.68 bits per heavy atom. The SMILES string of the molecule is CC[N+]1([O-])C2=CC(=S)NCN2c2c1ccc(N1CCN(C)CC1)c2F. The van der Waals surface area contributed by atoms with Crippen LogP contribution < -0.4 is 19.8 Å². The van der Waals surface area contributed by atoms with Gasteiger partial charge in [0.2, 0.25) is 5.82 Å². The molecule has 0 saturated carbocycles. The molecular formula is C17H22FN5OS. The van der Waals surface area contributed by atoms with Gasteiger partial charge in [0, 0.05) is 32.2 Å². The van der Waals surface area contributed by atoms with Gasteiger partial charge < -0.3 is 20.3 Å². The number of piperazine rings is 1. The molecule has 0 amide bonds. The van der Waals surface area contributed by atoms with Crippen LogP contribution in [0.15, 0.2) is 24.0 Å². The predicted octanol–water partition coefficient (Wildman–Crippen LogP) is 1.95. The lowest BCUT2D eigenvalue weighted by atomic mass is 10.1. The lowest BCUT2D eigenvalue weighted by Crippen LogP contribution is -2.49. The molecule has 1 saturated heterocycles. The molecule has 0 aliphatic carbocycles. The van der Waals surface area contributed by atoms with E-state index in [0.29, 0.717) is 41.1 Å². The van der Waals surface area contributed by atoms with Gasteiger partial charge in [0.05, 0.1) is 25.0 Å². The molecule has 1 fully saturated rings.